The fourth-order valence-corrected chi connectivity index (χ4v) is 2.60. The molecule has 0 saturated carbocycles. The zero-order valence-electron chi connectivity index (χ0n) is 10.7. The summed E-state index contributed by atoms with van der Waals surface area (Å²) in [6.07, 6.45) is 2.12. The molecule has 3 nitrogen and oxygen atoms in total. The molecule has 1 N–H and O–H groups in total. The van der Waals surface area contributed by atoms with E-state index in [1.165, 1.54) is 16.0 Å². The van der Waals surface area contributed by atoms with Gasteiger partial charge in [0.25, 0.3) is 0 Å². The first-order valence-corrected chi connectivity index (χ1v) is 7.06. The number of nitrogens with zero attached hydrogens (tertiary/aromatic N) is 2. The number of likely N-dealkylation sites (N-methyl/N-ethyl adjacent to an activating group) is 1. The van der Waals surface area contributed by atoms with Crippen LogP contribution in [0.2, 0.25) is 0 Å². The fraction of sp³-hybridized carbons (Fsp3) is 0.462. The fourth-order valence-electron chi connectivity index (χ4n) is 1.90. The normalized spacial score (nSPS) is 15.0. The minimum absolute atomic E-state index is 0.847. The van der Waals surface area contributed by atoms with Crippen LogP contribution >= 0.6 is 11.8 Å². The lowest BCUT2D eigenvalue weighted by atomic mass is 10.1. The van der Waals surface area contributed by atoms with Crippen LogP contribution in [0, 0.1) is 6.92 Å². The third kappa shape index (κ3) is 2.94. The number of benzene rings is 1. The Morgan fingerprint density at radius 3 is 2.94 bits per heavy atom. The molecule has 1 aliphatic rings. The van der Waals surface area contributed by atoms with Gasteiger partial charge >= 0.3 is 0 Å². The lowest BCUT2D eigenvalue weighted by molar-refractivity contribution is 0.533. The molecule has 0 spiro atoms. The number of nitrogens with one attached hydrogen (secondary N) is 1. The molecule has 0 amide bonds. The molecule has 1 aliphatic heterocycles. The van der Waals surface area contributed by atoms with Crippen LogP contribution in [0.25, 0.3) is 0 Å². The first-order chi connectivity index (χ1) is 8.20. The molecule has 4 heteroatoms. The average molecular weight is 249 g/mol. The predicted molar refractivity (Wildman–Crippen MR) is 74.7 cm³/mol. The van der Waals surface area contributed by atoms with Crippen molar-refractivity contribution in [1.82, 2.24) is 10.2 Å². The van der Waals surface area contributed by atoms with E-state index in [1.807, 2.05) is 0 Å². The van der Waals surface area contributed by atoms with Crippen molar-refractivity contribution in [3.05, 3.63) is 29.3 Å². The molecule has 1 aromatic rings. The van der Waals surface area contributed by atoms with E-state index in [0.717, 1.165) is 25.6 Å². The van der Waals surface area contributed by atoms with Crippen LogP contribution in [0.3, 0.4) is 0 Å². The summed E-state index contributed by atoms with van der Waals surface area (Å²) in [6, 6.07) is 6.60. The van der Waals surface area contributed by atoms with E-state index in [0.29, 0.717) is 0 Å². The molecule has 2 rings (SSSR count). The molecule has 0 radical (unpaired) electrons. The minimum atomic E-state index is 0.847. The summed E-state index contributed by atoms with van der Waals surface area (Å²) in [6.45, 7) is 4.90. The average Bonchev–Trinajstić information content (AvgIpc) is 2.73. The third-order valence-electron chi connectivity index (χ3n) is 2.94. The number of guanidine groups is 1. The SMILES string of the molecule is CSc1cc(C)ccc1CNC1=NCCN1C. The van der Waals surface area contributed by atoms with Gasteiger partial charge in [0.1, 0.15) is 0 Å². The molecule has 0 bridgehead atoms. The van der Waals surface area contributed by atoms with Gasteiger partial charge in [0, 0.05) is 25.0 Å². The highest BCUT2D eigenvalue weighted by molar-refractivity contribution is 7.98. The summed E-state index contributed by atoms with van der Waals surface area (Å²) < 4.78 is 0. The highest BCUT2D eigenvalue weighted by Gasteiger charge is 2.12. The van der Waals surface area contributed by atoms with Gasteiger partial charge in [-0.3, -0.25) is 4.99 Å². The summed E-state index contributed by atoms with van der Waals surface area (Å²) in [5, 5.41) is 3.40. The maximum absolute atomic E-state index is 4.43. The molecule has 17 heavy (non-hydrogen) atoms. The summed E-state index contributed by atoms with van der Waals surface area (Å²) in [7, 11) is 2.07. The van der Waals surface area contributed by atoms with Crippen molar-refractivity contribution < 1.29 is 0 Å². The van der Waals surface area contributed by atoms with E-state index < -0.39 is 0 Å². The van der Waals surface area contributed by atoms with Crippen LogP contribution in [0.4, 0.5) is 0 Å². The van der Waals surface area contributed by atoms with E-state index in [1.54, 1.807) is 11.8 Å². The molecular weight excluding hydrogens is 230 g/mol. The van der Waals surface area contributed by atoms with Crippen LogP contribution in [-0.2, 0) is 6.54 Å². The third-order valence-corrected chi connectivity index (χ3v) is 3.76. The summed E-state index contributed by atoms with van der Waals surface area (Å²) in [5.74, 6) is 1.01. The van der Waals surface area contributed by atoms with Gasteiger partial charge in [0.05, 0.1) is 6.54 Å². The molecule has 92 valence electrons. The molecule has 0 atom stereocenters. The largest absolute Gasteiger partial charge is 0.352 e. The summed E-state index contributed by atoms with van der Waals surface area (Å²) in [5.41, 5.74) is 2.65. The van der Waals surface area contributed by atoms with E-state index in [2.05, 4.69) is 53.6 Å². The second-order valence-electron chi connectivity index (χ2n) is 4.30. The van der Waals surface area contributed by atoms with Gasteiger partial charge in [-0.15, -0.1) is 11.8 Å². The Hall–Kier alpha value is -1.16. The zero-order valence-corrected chi connectivity index (χ0v) is 11.5. The highest BCUT2D eigenvalue weighted by Crippen LogP contribution is 2.21. The summed E-state index contributed by atoms with van der Waals surface area (Å²) in [4.78, 5) is 7.94. The standard InChI is InChI=1S/C13H19N3S/c1-10-4-5-11(12(8-10)17-3)9-15-13-14-6-7-16(13)2/h4-5,8H,6-7,9H2,1-3H3,(H,14,15). The Labute approximate surface area is 107 Å². The van der Waals surface area contributed by atoms with Gasteiger partial charge in [-0.05, 0) is 30.4 Å². The van der Waals surface area contributed by atoms with Crippen molar-refractivity contribution >= 4 is 17.7 Å². The smallest absolute Gasteiger partial charge is 0.194 e. The number of aryl methyl sites for hydroxylation is 1. The Morgan fingerprint density at radius 2 is 2.29 bits per heavy atom. The van der Waals surface area contributed by atoms with E-state index in [9.17, 15) is 0 Å². The van der Waals surface area contributed by atoms with E-state index in [-0.39, 0.29) is 0 Å². The van der Waals surface area contributed by atoms with E-state index >= 15 is 0 Å². The van der Waals surface area contributed by atoms with Crippen molar-refractivity contribution in [2.24, 2.45) is 4.99 Å². The van der Waals surface area contributed by atoms with E-state index in [4.69, 9.17) is 0 Å². The highest BCUT2D eigenvalue weighted by atomic mass is 32.2. The van der Waals surface area contributed by atoms with Gasteiger partial charge in [-0.1, -0.05) is 12.1 Å². The first-order valence-electron chi connectivity index (χ1n) is 5.83. The molecular formula is C13H19N3S. The van der Waals surface area contributed by atoms with Crippen LogP contribution in [-0.4, -0.2) is 37.3 Å². The number of hydrogen-bond acceptors (Lipinski definition) is 4. The van der Waals surface area contributed by atoms with Crippen molar-refractivity contribution in [3.63, 3.8) is 0 Å². The van der Waals surface area contributed by atoms with Gasteiger partial charge in [-0.2, -0.15) is 0 Å². The Morgan fingerprint density at radius 1 is 1.47 bits per heavy atom. The van der Waals surface area contributed by atoms with Gasteiger partial charge < -0.3 is 10.2 Å². The van der Waals surface area contributed by atoms with Crippen molar-refractivity contribution in [2.45, 2.75) is 18.4 Å². The quantitative estimate of drug-likeness (QED) is 0.831. The maximum Gasteiger partial charge on any atom is 0.194 e. The topological polar surface area (TPSA) is 27.6 Å². The van der Waals surface area contributed by atoms with Gasteiger partial charge in [0.2, 0.25) is 0 Å². The Bertz CT molecular complexity index is 429. The lowest BCUT2D eigenvalue weighted by Gasteiger charge is -2.16. The number of hydrogen-bond donors (Lipinski definition) is 1. The van der Waals surface area contributed by atoms with Crippen LogP contribution in [0.1, 0.15) is 11.1 Å². The second kappa shape index (κ2) is 5.45. The van der Waals surface area contributed by atoms with Crippen molar-refractivity contribution in [2.75, 3.05) is 26.4 Å². The molecule has 1 heterocycles. The minimum Gasteiger partial charge on any atom is -0.352 e. The lowest BCUT2D eigenvalue weighted by Crippen LogP contribution is -2.35. The molecule has 0 aromatic heterocycles. The molecule has 0 unspecified atom stereocenters. The molecule has 0 fully saturated rings. The summed E-state index contributed by atoms with van der Waals surface area (Å²) >= 11 is 1.80. The van der Waals surface area contributed by atoms with Gasteiger partial charge in [0.15, 0.2) is 5.96 Å². The van der Waals surface area contributed by atoms with Crippen molar-refractivity contribution in [3.8, 4) is 0 Å². The van der Waals surface area contributed by atoms with Gasteiger partial charge in [-0.25, -0.2) is 0 Å². The number of rotatable bonds is 3. The Kier molecular flexibility index (Phi) is 3.94. The predicted octanol–water partition coefficient (Wildman–Crippen LogP) is 2.11. The van der Waals surface area contributed by atoms with Crippen LogP contribution in [0.5, 0.6) is 0 Å². The van der Waals surface area contributed by atoms with Crippen LogP contribution < -0.4 is 5.32 Å². The number of thioether (sulfide) groups is 1. The van der Waals surface area contributed by atoms with Crippen molar-refractivity contribution in [1.29, 1.82) is 0 Å². The zero-order chi connectivity index (χ0) is 12.3. The molecule has 0 aliphatic carbocycles. The monoisotopic (exact) mass is 249 g/mol. The molecule has 0 saturated heterocycles. The first kappa shape index (κ1) is 12.3. The molecule has 1 aromatic carbocycles. The second-order valence-corrected chi connectivity index (χ2v) is 5.14. The Balaban J connectivity index is 2.03. The number of aliphatic imine (C=N–C) groups is 1. The maximum atomic E-state index is 4.43. The van der Waals surface area contributed by atoms with Crippen LogP contribution in [0.15, 0.2) is 28.1 Å².